The number of esters is 1. The van der Waals surface area contributed by atoms with Crippen LogP contribution in [0.4, 0.5) is 0 Å². The van der Waals surface area contributed by atoms with Crippen molar-refractivity contribution in [3.63, 3.8) is 0 Å². The van der Waals surface area contributed by atoms with Crippen LogP contribution in [-0.2, 0) is 9.53 Å². The molecule has 1 aromatic carbocycles. The quantitative estimate of drug-likeness (QED) is 0.736. The Labute approximate surface area is 93.0 Å². The van der Waals surface area contributed by atoms with Crippen LogP contribution in [0.3, 0.4) is 0 Å². The average Bonchev–Trinajstić information content (AvgIpc) is 2.28. The number of hydrogen-bond donors (Lipinski definition) is 2. The Balaban J connectivity index is 2.73. The van der Waals surface area contributed by atoms with Crippen LogP contribution in [0.5, 0.6) is 5.75 Å². The average molecular weight is 223 g/mol. The molecule has 0 aliphatic rings. The van der Waals surface area contributed by atoms with Gasteiger partial charge in [0.15, 0.2) is 0 Å². The minimum absolute atomic E-state index is 0.118. The van der Waals surface area contributed by atoms with E-state index < -0.39 is 11.9 Å². The van der Waals surface area contributed by atoms with Gasteiger partial charge in [0.25, 0.3) is 5.91 Å². The van der Waals surface area contributed by atoms with Gasteiger partial charge in [0.1, 0.15) is 12.3 Å². The monoisotopic (exact) mass is 223 g/mol. The number of phenolic OH excluding ortho intramolecular Hbond substituents is 1. The third kappa shape index (κ3) is 2.98. The summed E-state index contributed by atoms with van der Waals surface area (Å²) in [6.45, 7) is 1.58. The second kappa shape index (κ2) is 5.16. The first-order chi connectivity index (χ1) is 7.54. The lowest BCUT2D eigenvalue weighted by molar-refractivity contribution is -0.139. The van der Waals surface area contributed by atoms with Crippen LogP contribution >= 0.6 is 0 Å². The fraction of sp³-hybridized carbons (Fsp3) is 0.273. The molecule has 0 heterocycles. The highest BCUT2D eigenvalue weighted by atomic mass is 16.5. The van der Waals surface area contributed by atoms with Gasteiger partial charge in [-0.3, -0.25) is 9.59 Å². The molecule has 0 saturated heterocycles. The molecule has 1 aromatic rings. The predicted molar refractivity (Wildman–Crippen MR) is 57.2 cm³/mol. The molecule has 0 saturated carbocycles. The molecule has 5 heteroatoms. The molecule has 0 aromatic heterocycles. The Morgan fingerprint density at radius 1 is 1.44 bits per heavy atom. The van der Waals surface area contributed by atoms with Gasteiger partial charge in [-0.1, -0.05) is 11.6 Å². The van der Waals surface area contributed by atoms with Crippen molar-refractivity contribution >= 4 is 11.9 Å². The van der Waals surface area contributed by atoms with Crippen molar-refractivity contribution < 1.29 is 19.4 Å². The van der Waals surface area contributed by atoms with Crippen molar-refractivity contribution in [1.82, 2.24) is 5.32 Å². The molecule has 0 radical (unpaired) electrons. The zero-order valence-electron chi connectivity index (χ0n) is 9.11. The fourth-order valence-corrected chi connectivity index (χ4v) is 1.15. The fourth-order valence-electron chi connectivity index (χ4n) is 1.15. The highest BCUT2D eigenvalue weighted by Crippen LogP contribution is 2.17. The Morgan fingerprint density at radius 3 is 2.75 bits per heavy atom. The number of rotatable bonds is 3. The van der Waals surface area contributed by atoms with Crippen LogP contribution in [-0.4, -0.2) is 30.6 Å². The zero-order valence-corrected chi connectivity index (χ0v) is 9.11. The summed E-state index contributed by atoms with van der Waals surface area (Å²) in [5, 5.41) is 11.8. The van der Waals surface area contributed by atoms with E-state index in [1.165, 1.54) is 13.2 Å². The zero-order chi connectivity index (χ0) is 12.1. The minimum atomic E-state index is -0.541. The molecule has 0 aliphatic carbocycles. The number of benzene rings is 1. The van der Waals surface area contributed by atoms with Crippen molar-refractivity contribution in [2.24, 2.45) is 0 Å². The van der Waals surface area contributed by atoms with Crippen LogP contribution < -0.4 is 5.32 Å². The molecule has 0 bridgehead atoms. The van der Waals surface area contributed by atoms with Gasteiger partial charge in [0.05, 0.1) is 12.7 Å². The number of aryl methyl sites for hydroxylation is 1. The number of ether oxygens (including phenoxy) is 1. The Kier molecular flexibility index (Phi) is 3.88. The minimum Gasteiger partial charge on any atom is -0.507 e. The van der Waals surface area contributed by atoms with Crippen molar-refractivity contribution in [2.75, 3.05) is 13.7 Å². The largest absolute Gasteiger partial charge is 0.507 e. The van der Waals surface area contributed by atoms with Crippen LogP contribution in [0, 0.1) is 6.92 Å². The summed E-state index contributed by atoms with van der Waals surface area (Å²) >= 11 is 0. The number of nitrogens with one attached hydrogen (secondary N) is 1. The summed E-state index contributed by atoms with van der Waals surface area (Å²) in [6.07, 6.45) is 0. The van der Waals surface area contributed by atoms with Gasteiger partial charge in [0, 0.05) is 0 Å². The third-order valence-corrected chi connectivity index (χ3v) is 2.02. The van der Waals surface area contributed by atoms with Crippen LogP contribution in [0.25, 0.3) is 0 Å². The molecule has 86 valence electrons. The second-order valence-electron chi connectivity index (χ2n) is 3.28. The molecule has 16 heavy (non-hydrogen) atoms. The van der Waals surface area contributed by atoms with E-state index in [-0.39, 0.29) is 17.9 Å². The number of aromatic hydroxyl groups is 1. The summed E-state index contributed by atoms with van der Waals surface area (Å²) in [4.78, 5) is 22.4. The number of amides is 1. The lowest BCUT2D eigenvalue weighted by Gasteiger charge is -2.06. The lowest BCUT2D eigenvalue weighted by Crippen LogP contribution is -2.30. The standard InChI is InChI=1S/C11H13NO4/c1-7-3-4-9(13)8(5-7)11(15)12-6-10(14)16-2/h3-5,13H,6H2,1-2H3,(H,12,15). The van der Waals surface area contributed by atoms with Crippen molar-refractivity contribution in [3.8, 4) is 5.75 Å². The Bertz CT molecular complexity index is 414. The van der Waals surface area contributed by atoms with Crippen molar-refractivity contribution in [1.29, 1.82) is 0 Å². The highest BCUT2D eigenvalue weighted by Gasteiger charge is 2.12. The predicted octanol–water partition coefficient (Wildman–Crippen LogP) is 0.603. The van der Waals surface area contributed by atoms with Gasteiger partial charge in [-0.15, -0.1) is 0 Å². The number of methoxy groups -OCH3 is 1. The maximum Gasteiger partial charge on any atom is 0.325 e. The maximum absolute atomic E-state index is 11.6. The topological polar surface area (TPSA) is 75.6 Å². The Hall–Kier alpha value is -2.04. The normalized spacial score (nSPS) is 9.62. The SMILES string of the molecule is COC(=O)CNC(=O)c1cc(C)ccc1O. The van der Waals surface area contributed by atoms with Gasteiger partial charge in [-0.2, -0.15) is 0 Å². The van der Waals surface area contributed by atoms with Gasteiger partial charge in [-0.05, 0) is 19.1 Å². The van der Waals surface area contributed by atoms with Gasteiger partial charge in [-0.25, -0.2) is 0 Å². The molecule has 0 fully saturated rings. The van der Waals surface area contributed by atoms with Crippen molar-refractivity contribution in [3.05, 3.63) is 29.3 Å². The Morgan fingerprint density at radius 2 is 2.12 bits per heavy atom. The first-order valence-corrected chi connectivity index (χ1v) is 4.69. The molecule has 0 atom stereocenters. The summed E-state index contributed by atoms with van der Waals surface area (Å²) in [6, 6.07) is 4.66. The van der Waals surface area contributed by atoms with E-state index in [1.807, 2.05) is 0 Å². The number of hydrogen-bond acceptors (Lipinski definition) is 4. The molecule has 0 aliphatic heterocycles. The van der Waals surface area contributed by atoms with Crippen LogP contribution in [0.1, 0.15) is 15.9 Å². The number of carbonyl (C=O) groups is 2. The molecular weight excluding hydrogens is 210 g/mol. The summed E-state index contributed by atoms with van der Waals surface area (Å²) in [7, 11) is 1.23. The van der Waals surface area contributed by atoms with E-state index in [9.17, 15) is 14.7 Å². The molecular formula is C11H13NO4. The molecule has 0 unspecified atom stereocenters. The van der Waals surface area contributed by atoms with E-state index >= 15 is 0 Å². The second-order valence-corrected chi connectivity index (χ2v) is 3.28. The number of carbonyl (C=O) groups excluding carboxylic acids is 2. The molecule has 1 amide bonds. The van der Waals surface area contributed by atoms with E-state index in [0.717, 1.165) is 5.56 Å². The van der Waals surface area contributed by atoms with Crippen LogP contribution in [0.15, 0.2) is 18.2 Å². The summed E-state index contributed by atoms with van der Waals surface area (Å²) in [5.74, 6) is -1.17. The first kappa shape index (κ1) is 12.0. The molecule has 2 N–H and O–H groups in total. The van der Waals surface area contributed by atoms with E-state index in [1.54, 1.807) is 19.1 Å². The smallest absolute Gasteiger partial charge is 0.325 e. The van der Waals surface area contributed by atoms with Gasteiger partial charge < -0.3 is 15.2 Å². The molecule has 0 spiro atoms. The lowest BCUT2D eigenvalue weighted by atomic mass is 10.1. The first-order valence-electron chi connectivity index (χ1n) is 4.69. The van der Waals surface area contributed by atoms with E-state index in [0.29, 0.717) is 0 Å². The maximum atomic E-state index is 11.6. The van der Waals surface area contributed by atoms with Crippen molar-refractivity contribution in [2.45, 2.75) is 6.92 Å². The van der Waals surface area contributed by atoms with Crippen LogP contribution in [0.2, 0.25) is 0 Å². The summed E-state index contributed by atoms with van der Waals surface area (Å²) in [5.41, 5.74) is 0.991. The van der Waals surface area contributed by atoms with E-state index in [2.05, 4.69) is 10.1 Å². The molecule has 5 nitrogen and oxygen atoms in total. The highest BCUT2D eigenvalue weighted by molar-refractivity contribution is 5.98. The molecule has 1 rings (SSSR count). The van der Waals surface area contributed by atoms with Gasteiger partial charge >= 0.3 is 5.97 Å². The third-order valence-electron chi connectivity index (χ3n) is 2.02. The van der Waals surface area contributed by atoms with E-state index in [4.69, 9.17) is 0 Å². The summed E-state index contributed by atoms with van der Waals surface area (Å²) < 4.78 is 4.37. The van der Waals surface area contributed by atoms with Gasteiger partial charge in [0.2, 0.25) is 0 Å². The number of phenols is 1.